The van der Waals surface area contributed by atoms with E-state index in [1.807, 2.05) is 44.2 Å². The summed E-state index contributed by atoms with van der Waals surface area (Å²) in [6.45, 7) is 4.45. The van der Waals surface area contributed by atoms with Crippen LogP contribution in [0.1, 0.15) is 36.6 Å². The van der Waals surface area contributed by atoms with Gasteiger partial charge in [0.05, 0.1) is 11.4 Å². The Morgan fingerprint density at radius 3 is 2.39 bits per heavy atom. The van der Waals surface area contributed by atoms with Crippen molar-refractivity contribution in [3.05, 3.63) is 47.2 Å². The Hall–Kier alpha value is -2.53. The largest absolute Gasteiger partial charge is 0.366 e. The molecule has 0 radical (unpaired) electrons. The Bertz CT molecular complexity index is 1170. The number of hydrogen-bond donors (Lipinski definition) is 3. The summed E-state index contributed by atoms with van der Waals surface area (Å²) in [5, 5.41) is 7.07. The van der Waals surface area contributed by atoms with E-state index in [0.717, 1.165) is 23.1 Å². The Morgan fingerprint density at radius 2 is 1.82 bits per heavy atom. The number of fused-ring (bicyclic) bond motifs is 1. The van der Waals surface area contributed by atoms with Gasteiger partial charge < -0.3 is 5.32 Å². The van der Waals surface area contributed by atoms with Crippen LogP contribution in [0.3, 0.4) is 0 Å². The SMILES string of the molecule is CC(C)c1cc(NCc2ccc(C[SH](=N)=O)cc2)n2nc(S(C)(=O)=O)nc2n1. The third-order valence-corrected chi connectivity index (χ3v) is 5.55. The molecule has 2 heterocycles. The predicted molar refractivity (Wildman–Crippen MR) is 108 cm³/mol. The molecule has 0 bridgehead atoms. The quantitative estimate of drug-likeness (QED) is 0.496. The second-order valence-electron chi connectivity index (χ2n) is 6.81. The summed E-state index contributed by atoms with van der Waals surface area (Å²) in [6, 6.07) is 9.31. The van der Waals surface area contributed by atoms with Crippen LogP contribution in [0.4, 0.5) is 5.82 Å². The van der Waals surface area contributed by atoms with Crippen LogP contribution in [-0.2, 0) is 32.7 Å². The number of thiol groups is 1. The molecule has 0 aliphatic rings. The lowest BCUT2D eigenvalue weighted by Crippen LogP contribution is -2.08. The summed E-state index contributed by atoms with van der Waals surface area (Å²) in [5.41, 5.74) is 2.60. The third kappa shape index (κ3) is 4.65. The topological polar surface area (TPSA) is 130 Å². The van der Waals surface area contributed by atoms with E-state index in [-0.39, 0.29) is 22.6 Å². The monoisotopic (exact) mass is 422 g/mol. The first-order chi connectivity index (χ1) is 13.1. The van der Waals surface area contributed by atoms with Crippen LogP contribution in [0.5, 0.6) is 0 Å². The summed E-state index contributed by atoms with van der Waals surface area (Å²) >= 11 is 0. The van der Waals surface area contributed by atoms with Gasteiger partial charge in [-0.1, -0.05) is 38.1 Å². The van der Waals surface area contributed by atoms with E-state index >= 15 is 0 Å². The van der Waals surface area contributed by atoms with Crippen LogP contribution in [0.2, 0.25) is 0 Å². The van der Waals surface area contributed by atoms with Gasteiger partial charge >= 0.3 is 0 Å². The second kappa shape index (κ2) is 7.84. The van der Waals surface area contributed by atoms with Gasteiger partial charge in [-0.15, -0.1) is 5.10 Å². The van der Waals surface area contributed by atoms with Crippen LogP contribution in [0.25, 0.3) is 5.78 Å². The van der Waals surface area contributed by atoms with Crippen molar-refractivity contribution < 1.29 is 12.6 Å². The molecular weight excluding hydrogens is 400 g/mol. The van der Waals surface area contributed by atoms with Gasteiger partial charge in [-0.05, 0) is 17.0 Å². The highest BCUT2D eigenvalue weighted by Crippen LogP contribution is 2.20. The summed E-state index contributed by atoms with van der Waals surface area (Å²) in [4.78, 5) is 8.45. The zero-order chi connectivity index (χ0) is 20.5. The molecule has 0 spiro atoms. The van der Waals surface area contributed by atoms with Crippen LogP contribution >= 0.6 is 0 Å². The lowest BCUT2D eigenvalue weighted by molar-refractivity contribution is 0.593. The molecular formula is C17H22N6O3S2. The van der Waals surface area contributed by atoms with Crippen molar-refractivity contribution in [3.8, 4) is 0 Å². The van der Waals surface area contributed by atoms with Gasteiger partial charge in [0.2, 0.25) is 9.84 Å². The zero-order valence-electron chi connectivity index (χ0n) is 15.7. The van der Waals surface area contributed by atoms with Gasteiger partial charge in [-0.3, -0.25) is 8.99 Å². The number of aromatic nitrogens is 4. The number of hydrogen-bond acceptors (Lipinski definition) is 8. The molecule has 0 fully saturated rings. The fourth-order valence-electron chi connectivity index (χ4n) is 2.57. The first-order valence-electron chi connectivity index (χ1n) is 8.59. The van der Waals surface area contributed by atoms with Crippen molar-refractivity contribution in [1.29, 1.82) is 4.78 Å². The number of rotatable bonds is 7. The van der Waals surface area contributed by atoms with Crippen LogP contribution in [0, 0.1) is 4.78 Å². The maximum absolute atomic E-state index is 11.8. The molecule has 0 amide bonds. The molecule has 3 aromatic rings. The number of benzene rings is 1. The van der Waals surface area contributed by atoms with E-state index in [1.165, 1.54) is 4.52 Å². The molecule has 11 heteroatoms. The molecule has 0 aliphatic carbocycles. The summed E-state index contributed by atoms with van der Waals surface area (Å²) in [5.74, 6) is 1.19. The highest BCUT2D eigenvalue weighted by Gasteiger charge is 2.18. The fourth-order valence-corrected chi connectivity index (χ4v) is 3.59. The summed E-state index contributed by atoms with van der Waals surface area (Å²) < 4.78 is 43.2. The first-order valence-corrected chi connectivity index (χ1v) is 11.9. The minimum atomic E-state index is -3.55. The molecule has 1 unspecified atom stereocenters. The van der Waals surface area contributed by atoms with E-state index in [2.05, 4.69) is 20.4 Å². The van der Waals surface area contributed by atoms with Gasteiger partial charge in [0.25, 0.3) is 10.9 Å². The number of nitrogens with zero attached hydrogens (tertiary/aromatic N) is 4. The highest BCUT2D eigenvalue weighted by molar-refractivity contribution is 7.90. The Labute approximate surface area is 165 Å². The van der Waals surface area contributed by atoms with Crippen molar-refractivity contribution in [1.82, 2.24) is 19.6 Å². The maximum atomic E-state index is 11.8. The van der Waals surface area contributed by atoms with E-state index in [0.29, 0.717) is 12.4 Å². The van der Waals surface area contributed by atoms with Gasteiger partial charge in [-0.25, -0.2) is 13.4 Å². The standard InChI is InChI=1S/C17H22N6O3S2/c1-11(2)14-8-15(23-16(20-14)21-17(22-23)28(3,25)26)19-9-12-4-6-13(7-5-12)10-27(18)24/h4-8,11,18-19,27H,9-10H2,1-3H3. The molecule has 28 heavy (non-hydrogen) atoms. The second-order valence-corrected chi connectivity index (χ2v) is 9.79. The van der Waals surface area contributed by atoms with Crippen LogP contribution in [0.15, 0.2) is 35.5 Å². The van der Waals surface area contributed by atoms with E-state index in [9.17, 15) is 12.6 Å². The number of anilines is 1. The van der Waals surface area contributed by atoms with Crippen LogP contribution in [-0.4, -0.2) is 38.5 Å². The van der Waals surface area contributed by atoms with Crippen molar-refractivity contribution in [2.75, 3.05) is 11.6 Å². The predicted octanol–water partition coefficient (Wildman–Crippen LogP) is 2.01. The molecule has 150 valence electrons. The van der Waals surface area contributed by atoms with Crippen LogP contribution < -0.4 is 5.32 Å². The minimum absolute atomic E-state index is 0.134. The molecule has 0 aliphatic heterocycles. The Balaban J connectivity index is 1.91. The molecule has 2 N–H and O–H groups in total. The fraction of sp³-hybridized carbons (Fsp3) is 0.353. The third-order valence-electron chi connectivity index (χ3n) is 4.06. The molecule has 3 rings (SSSR count). The smallest absolute Gasteiger partial charge is 0.268 e. The van der Waals surface area contributed by atoms with Gasteiger partial charge in [0.1, 0.15) is 5.82 Å². The van der Waals surface area contributed by atoms with Crippen molar-refractivity contribution in [2.45, 2.75) is 37.2 Å². The van der Waals surface area contributed by atoms with Crippen molar-refractivity contribution >= 4 is 32.0 Å². The average molecular weight is 423 g/mol. The van der Waals surface area contributed by atoms with Gasteiger partial charge in [-0.2, -0.15) is 9.50 Å². The Kier molecular flexibility index (Phi) is 5.66. The summed E-state index contributed by atoms with van der Waals surface area (Å²) in [7, 11) is -5.50. The minimum Gasteiger partial charge on any atom is -0.366 e. The molecule has 1 aromatic carbocycles. The maximum Gasteiger partial charge on any atom is 0.268 e. The lowest BCUT2D eigenvalue weighted by Gasteiger charge is -2.11. The first kappa shape index (κ1) is 20.2. The Morgan fingerprint density at radius 1 is 1.18 bits per heavy atom. The van der Waals surface area contributed by atoms with Crippen molar-refractivity contribution in [2.24, 2.45) is 0 Å². The normalized spacial score (nSPS) is 13.1. The molecule has 0 saturated heterocycles. The summed E-state index contributed by atoms with van der Waals surface area (Å²) in [6.07, 6.45) is 1.06. The molecule has 2 aromatic heterocycles. The number of sulfone groups is 1. The molecule has 9 nitrogen and oxygen atoms in total. The molecule has 0 saturated carbocycles. The average Bonchev–Trinajstić information content (AvgIpc) is 3.05. The van der Waals surface area contributed by atoms with Gasteiger partial charge in [0.15, 0.2) is 0 Å². The zero-order valence-corrected chi connectivity index (χ0v) is 17.5. The van der Waals surface area contributed by atoms with E-state index < -0.39 is 20.4 Å². The molecule has 1 atom stereocenters. The van der Waals surface area contributed by atoms with E-state index in [4.69, 9.17) is 4.78 Å². The van der Waals surface area contributed by atoms with Gasteiger partial charge in [0, 0.05) is 29.5 Å². The van der Waals surface area contributed by atoms with Crippen molar-refractivity contribution in [3.63, 3.8) is 0 Å². The highest BCUT2D eigenvalue weighted by atomic mass is 32.2. The van der Waals surface area contributed by atoms with E-state index in [1.54, 1.807) is 0 Å². The number of nitrogens with one attached hydrogen (secondary N) is 2. The lowest BCUT2D eigenvalue weighted by atomic mass is 10.1.